The van der Waals surface area contributed by atoms with Crippen molar-refractivity contribution < 1.29 is 28.2 Å². The van der Waals surface area contributed by atoms with Gasteiger partial charge in [-0.1, -0.05) is 18.2 Å². The van der Waals surface area contributed by atoms with E-state index in [4.69, 9.17) is 25.2 Å². The lowest BCUT2D eigenvalue weighted by Crippen LogP contribution is -2.46. The van der Waals surface area contributed by atoms with E-state index in [2.05, 4.69) is 10.2 Å². The minimum absolute atomic E-state index is 0.0190. The van der Waals surface area contributed by atoms with E-state index in [1.807, 2.05) is 13.8 Å². The average molecular weight is 547 g/mol. The van der Waals surface area contributed by atoms with Gasteiger partial charge in [-0.3, -0.25) is 14.5 Å². The molecule has 0 bridgehead atoms. The first kappa shape index (κ1) is 31.4. The van der Waals surface area contributed by atoms with E-state index in [-0.39, 0.29) is 42.7 Å². The summed E-state index contributed by atoms with van der Waals surface area (Å²) in [5, 5.41) is 0.499. The molecule has 1 aromatic rings. The Morgan fingerprint density at radius 2 is 2.00 bits per heavy atom. The largest absolute Gasteiger partial charge is 0.510 e. The minimum Gasteiger partial charge on any atom is -0.510 e. The molecule has 0 aliphatic carbocycles. The van der Waals surface area contributed by atoms with Gasteiger partial charge in [0.1, 0.15) is 33.8 Å². The van der Waals surface area contributed by atoms with Gasteiger partial charge in [-0.2, -0.15) is 0 Å². The summed E-state index contributed by atoms with van der Waals surface area (Å²) >= 11 is 0. The molecule has 210 valence electrons. The molecular weight excluding hydrogens is 511 g/mol. The summed E-state index contributed by atoms with van der Waals surface area (Å²) in [5.41, 5.74) is 1.47. The molecular formula is C29H36B2FN3O5. The van der Waals surface area contributed by atoms with Crippen molar-refractivity contribution in [1.29, 1.82) is 0 Å². The third kappa shape index (κ3) is 7.73. The van der Waals surface area contributed by atoms with E-state index < -0.39 is 29.1 Å². The highest BCUT2D eigenvalue weighted by Crippen LogP contribution is 2.30. The van der Waals surface area contributed by atoms with Crippen LogP contribution in [-0.2, 0) is 35.8 Å². The highest BCUT2D eigenvalue weighted by atomic mass is 19.1. The van der Waals surface area contributed by atoms with Crippen LogP contribution in [0.4, 0.5) is 4.39 Å². The molecule has 1 aromatic carbocycles. The Morgan fingerprint density at radius 3 is 2.62 bits per heavy atom. The Bertz CT molecular complexity index is 1180. The quantitative estimate of drug-likeness (QED) is 0.198. The van der Waals surface area contributed by atoms with Gasteiger partial charge in [-0.25, -0.2) is 4.39 Å². The lowest BCUT2D eigenvalue weighted by molar-refractivity contribution is -0.136. The number of carbonyl (C=O) groups excluding carboxylic acids is 3. The number of carbonyl (C=O) groups is 3. The SMILES string of the molecule is [B]C([B])(O\C=C1/CN(C(CCC=O)C(=O)NC)C(=O)/C1=C/C=C\C)c1cc(CN2CC(C)OC(C)C2)ccc1F. The zero-order valence-corrected chi connectivity index (χ0v) is 23.6. The Labute approximate surface area is 238 Å². The number of ether oxygens (including phenoxy) is 2. The first-order valence-corrected chi connectivity index (χ1v) is 13.4. The van der Waals surface area contributed by atoms with Crippen LogP contribution < -0.4 is 5.32 Å². The predicted molar refractivity (Wildman–Crippen MR) is 152 cm³/mol. The monoisotopic (exact) mass is 547 g/mol. The molecule has 40 heavy (non-hydrogen) atoms. The molecule has 3 rings (SSSR count). The van der Waals surface area contributed by atoms with E-state index in [0.29, 0.717) is 18.4 Å². The van der Waals surface area contributed by atoms with Crippen LogP contribution in [0, 0.1) is 5.82 Å². The molecule has 2 aliphatic rings. The average Bonchev–Trinajstić information content (AvgIpc) is 3.21. The molecule has 4 radical (unpaired) electrons. The van der Waals surface area contributed by atoms with Gasteiger partial charge in [-0.15, -0.1) is 0 Å². The van der Waals surface area contributed by atoms with E-state index in [9.17, 15) is 18.8 Å². The Morgan fingerprint density at radius 1 is 1.30 bits per heavy atom. The third-order valence-corrected chi connectivity index (χ3v) is 6.87. The summed E-state index contributed by atoms with van der Waals surface area (Å²) in [5.74, 6) is -1.43. The van der Waals surface area contributed by atoms with Crippen molar-refractivity contribution in [2.75, 3.05) is 26.7 Å². The highest BCUT2D eigenvalue weighted by molar-refractivity contribution is 6.38. The number of nitrogens with zero attached hydrogens (tertiary/aromatic N) is 2. The number of hydrogen-bond donors (Lipinski definition) is 1. The standard InChI is InChI=1S/C29H36B2FN3O5/c1-5-6-8-23-22(17-35(28(23)38)26(9-7-12-36)27(37)33-4)18-39-29(30,31)24-13-21(10-11-25(24)32)16-34-14-19(2)40-20(3)15-34/h5-6,8,10-13,18-20,26H,7,9,14-17H2,1-4H3,(H,33,37)/b6-5-,22-18+,23-8+. The number of likely N-dealkylation sites (N-methyl/N-ethyl adjacent to an activating group) is 1. The third-order valence-electron chi connectivity index (χ3n) is 6.87. The van der Waals surface area contributed by atoms with Gasteiger partial charge < -0.3 is 24.5 Å². The van der Waals surface area contributed by atoms with E-state index in [0.717, 1.165) is 18.7 Å². The van der Waals surface area contributed by atoms with Crippen LogP contribution in [0.3, 0.4) is 0 Å². The molecule has 2 fully saturated rings. The zero-order valence-electron chi connectivity index (χ0n) is 23.6. The van der Waals surface area contributed by atoms with E-state index in [1.54, 1.807) is 37.3 Å². The molecule has 1 N–H and O–H groups in total. The maximum absolute atomic E-state index is 14.9. The van der Waals surface area contributed by atoms with Crippen molar-refractivity contribution in [1.82, 2.24) is 15.1 Å². The normalized spacial score (nSPS) is 23.2. The Balaban J connectivity index is 1.86. The molecule has 2 aliphatic heterocycles. The van der Waals surface area contributed by atoms with Gasteiger partial charge in [0.15, 0.2) is 0 Å². The van der Waals surface area contributed by atoms with Gasteiger partial charge in [0.2, 0.25) is 5.91 Å². The fourth-order valence-corrected chi connectivity index (χ4v) is 5.05. The number of amides is 2. The number of benzene rings is 1. The van der Waals surface area contributed by atoms with Crippen LogP contribution in [-0.4, -0.2) is 88.5 Å². The number of halogens is 1. The van der Waals surface area contributed by atoms with Crippen molar-refractivity contribution in [3.05, 3.63) is 70.8 Å². The topological polar surface area (TPSA) is 88.2 Å². The van der Waals surface area contributed by atoms with Crippen molar-refractivity contribution in [3.63, 3.8) is 0 Å². The summed E-state index contributed by atoms with van der Waals surface area (Å²) < 4.78 is 26.5. The van der Waals surface area contributed by atoms with Crippen LogP contribution in [0.5, 0.6) is 0 Å². The number of nitrogens with one attached hydrogen (secondary N) is 1. The second-order valence-corrected chi connectivity index (χ2v) is 10.2. The van der Waals surface area contributed by atoms with Crippen LogP contribution in [0.25, 0.3) is 0 Å². The van der Waals surface area contributed by atoms with E-state index >= 15 is 0 Å². The van der Waals surface area contributed by atoms with Gasteiger partial charge in [-0.05, 0) is 51.0 Å². The minimum atomic E-state index is -2.04. The lowest BCUT2D eigenvalue weighted by atomic mass is 9.61. The van der Waals surface area contributed by atoms with Crippen LogP contribution in [0.15, 0.2) is 53.8 Å². The molecule has 2 heterocycles. The maximum Gasteiger partial charge on any atom is 0.255 e. The first-order valence-electron chi connectivity index (χ1n) is 13.4. The number of rotatable bonds is 11. The second-order valence-electron chi connectivity index (χ2n) is 10.2. The van der Waals surface area contributed by atoms with Gasteiger partial charge in [0, 0.05) is 49.8 Å². The van der Waals surface area contributed by atoms with Crippen molar-refractivity contribution in [2.45, 2.75) is 63.8 Å². The summed E-state index contributed by atoms with van der Waals surface area (Å²) in [7, 11) is 14.0. The van der Waals surface area contributed by atoms with E-state index in [1.165, 1.54) is 24.3 Å². The number of allylic oxidation sites excluding steroid dienone is 3. The summed E-state index contributed by atoms with van der Waals surface area (Å²) in [6, 6.07) is 3.72. The smallest absolute Gasteiger partial charge is 0.255 e. The number of morpholine rings is 1. The summed E-state index contributed by atoms with van der Waals surface area (Å²) in [6.45, 7) is 7.88. The molecule has 0 saturated carbocycles. The first-order chi connectivity index (χ1) is 19.0. The molecule has 2 amide bonds. The molecule has 8 nitrogen and oxygen atoms in total. The van der Waals surface area contributed by atoms with Crippen molar-refractivity contribution >= 4 is 33.8 Å². The van der Waals surface area contributed by atoms with Crippen LogP contribution in [0.1, 0.15) is 44.7 Å². The molecule has 0 spiro atoms. The lowest BCUT2D eigenvalue weighted by Gasteiger charge is -2.35. The van der Waals surface area contributed by atoms with Gasteiger partial charge >= 0.3 is 0 Å². The Hall–Kier alpha value is -3.17. The zero-order chi connectivity index (χ0) is 29.4. The fourth-order valence-electron chi connectivity index (χ4n) is 5.05. The number of hydrogen-bond acceptors (Lipinski definition) is 6. The molecule has 3 unspecified atom stereocenters. The number of likely N-dealkylation sites (tertiary alicyclic amines) is 1. The second kappa shape index (κ2) is 13.9. The fraction of sp³-hybridized carbons (Fsp3) is 0.483. The maximum atomic E-state index is 14.9. The Kier molecular flexibility index (Phi) is 10.9. The predicted octanol–water partition coefficient (Wildman–Crippen LogP) is 2.22. The molecule has 3 atom stereocenters. The molecule has 2 saturated heterocycles. The van der Waals surface area contributed by atoms with Crippen molar-refractivity contribution in [2.24, 2.45) is 0 Å². The van der Waals surface area contributed by atoms with Crippen LogP contribution in [0.2, 0.25) is 0 Å². The van der Waals surface area contributed by atoms with Gasteiger partial charge in [0.25, 0.3) is 5.91 Å². The molecule has 0 aromatic heterocycles. The molecule has 11 heteroatoms. The van der Waals surface area contributed by atoms with Crippen molar-refractivity contribution in [3.8, 4) is 0 Å². The summed E-state index contributed by atoms with van der Waals surface area (Å²) in [6.07, 6.45) is 7.41. The highest BCUT2D eigenvalue weighted by Gasteiger charge is 2.38. The summed E-state index contributed by atoms with van der Waals surface area (Å²) in [4.78, 5) is 40.4. The van der Waals surface area contributed by atoms with Gasteiger partial charge in [0.05, 0.1) is 30.4 Å². The number of aldehydes is 1. The van der Waals surface area contributed by atoms with Crippen LogP contribution >= 0.6 is 0 Å².